The zero-order valence-corrected chi connectivity index (χ0v) is 13.7. The highest BCUT2D eigenvalue weighted by atomic mass is 19.2. The van der Waals surface area contributed by atoms with Crippen molar-refractivity contribution in [2.24, 2.45) is 5.92 Å². The first kappa shape index (κ1) is 17.8. The summed E-state index contributed by atoms with van der Waals surface area (Å²) in [6, 6.07) is 6.74. The van der Waals surface area contributed by atoms with E-state index in [1.165, 1.54) is 12.3 Å². The van der Waals surface area contributed by atoms with Crippen molar-refractivity contribution < 1.29 is 18.3 Å². The molecule has 1 amide bonds. The van der Waals surface area contributed by atoms with Gasteiger partial charge in [0.2, 0.25) is 11.8 Å². The maximum Gasteiger partial charge on any atom is 0.224 e. The van der Waals surface area contributed by atoms with Crippen LogP contribution >= 0.6 is 0 Å². The molecule has 4 nitrogen and oxygen atoms in total. The summed E-state index contributed by atoms with van der Waals surface area (Å²) >= 11 is 0. The van der Waals surface area contributed by atoms with Crippen molar-refractivity contribution in [2.45, 2.75) is 33.2 Å². The number of nitrogens with one attached hydrogen (secondary N) is 1. The van der Waals surface area contributed by atoms with E-state index in [9.17, 15) is 13.6 Å². The minimum atomic E-state index is -0.994. The molecule has 0 spiro atoms. The fourth-order valence-corrected chi connectivity index (χ4v) is 2.29. The summed E-state index contributed by atoms with van der Waals surface area (Å²) in [4.78, 5) is 16.2. The topological polar surface area (TPSA) is 51.2 Å². The highest BCUT2D eigenvalue weighted by Gasteiger charge is 2.15. The van der Waals surface area contributed by atoms with Gasteiger partial charge in [-0.3, -0.25) is 4.79 Å². The largest absolute Gasteiger partial charge is 0.439 e. The van der Waals surface area contributed by atoms with E-state index in [2.05, 4.69) is 10.3 Å². The smallest absolute Gasteiger partial charge is 0.224 e. The second-order valence-corrected chi connectivity index (χ2v) is 5.38. The van der Waals surface area contributed by atoms with Gasteiger partial charge in [0.25, 0.3) is 0 Å². The zero-order chi connectivity index (χ0) is 17.5. The van der Waals surface area contributed by atoms with E-state index in [4.69, 9.17) is 4.74 Å². The van der Waals surface area contributed by atoms with E-state index in [1.54, 1.807) is 12.1 Å². The van der Waals surface area contributed by atoms with E-state index >= 15 is 0 Å². The van der Waals surface area contributed by atoms with Crippen molar-refractivity contribution in [2.75, 3.05) is 0 Å². The van der Waals surface area contributed by atoms with Crippen molar-refractivity contribution in [3.8, 4) is 11.6 Å². The van der Waals surface area contributed by atoms with Crippen molar-refractivity contribution >= 4 is 5.91 Å². The maximum absolute atomic E-state index is 13.3. The first-order chi connectivity index (χ1) is 11.5. The van der Waals surface area contributed by atoms with Crippen LogP contribution in [0.5, 0.6) is 11.6 Å². The number of hydrogen-bond donors (Lipinski definition) is 1. The molecule has 1 aromatic carbocycles. The molecule has 0 atom stereocenters. The van der Waals surface area contributed by atoms with Gasteiger partial charge >= 0.3 is 0 Å². The average molecular weight is 334 g/mol. The first-order valence-corrected chi connectivity index (χ1v) is 7.89. The number of benzene rings is 1. The molecule has 0 unspecified atom stereocenters. The quantitative estimate of drug-likeness (QED) is 0.825. The molecule has 0 saturated carbocycles. The van der Waals surface area contributed by atoms with Crippen molar-refractivity contribution in [3.63, 3.8) is 0 Å². The molecular formula is C18H20F2N2O2. The molecule has 1 aromatic heterocycles. The van der Waals surface area contributed by atoms with Crippen molar-refractivity contribution in [3.05, 3.63) is 53.7 Å². The van der Waals surface area contributed by atoms with Gasteiger partial charge in [0.1, 0.15) is 5.75 Å². The Kier molecular flexibility index (Phi) is 6.23. The Hall–Kier alpha value is -2.50. The highest BCUT2D eigenvalue weighted by Crippen LogP contribution is 2.24. The number of pyridine rings is 1. The van der Waals surface area contributed by atoms with E-state index < -0.39 is 11.6 Å². The summed E-state index contributed by atoms with van der Waals surface area (Å²) in [7, 11) is 0. The van der Waals surface area contributed by atoms with E-state index in [0.717, 1.165) is 25.0 Å². The van der Waals surface area contributed by atoms with Gasteiger partial charge in [0.05, 0.1) is 0 Å². The lowest BCUT2D eigenvalue weighted by Gasteiger charge is -2.14. The van der Waals surface area contributed by atoms with E-state index in [-0.39, 0.29) is 30.0 Å². The Morgan fingerprint density at radius 1 is 1.21 bits per heavy atom. The fourth-order valence-electron chi connectivity index (χ4n) is 2.29. The van der Waals surface area contributed by atoms with Gasteiger partial charge in [-0.25, -0.2) is 13.8 Å². The summed E-state index contributed by atoms with van der Waals surface area (Å²) < 4.78 is 31.8. The summed E-state index contributed by atoms with van der Waals surface area (Å²) in [6.45, 7) is 4.19. The Morgan fingerprint density at radius 3 is 2.62 bits per heavy atom. The Labute approximate surface area is 139 Å². The minimum Gasteiger partial charge on any atom is -0.439 e. The van der Waals surface area contributed by atoms with Crippen LogP contribution in [0, 0.1) is 17.6 Å². The van der Waals surface area contributed by atoms with Crippen LogP contribution in [0.1, 0.15) is 32.3 Å². The second-order valence-electron chi connectivity index (χ2n) is 5.38. The second kappa shape index (κ2) is 8.38. The molecule has 0 fully saturated rings. The Morgan fingerprint density at radius 2 is 1.96 bits per heavy atom. The number of carbonyl (C=O) groups excluding carboxylic acids is 1. The zero-order valence-electron chi connectivity index (χ0n) is 13.7. The number of aromatic nitrogens is 1. The number of amides is 1. The molecule has 0 radical (unpaired) electrons. The molecule has 0 aliphatic heterocycles. The Bertz CT molecular complexity index is 703. The summed E-state index contributed by atoms with van der Waals surface area (Å²) in [5.74, 6) is -1.61. The molecule has 0 saturated heterocycles. The van der Waals surface area contributed by atoms with Crippen molar-refractivity contribution in [1.82, 2.24) is 10.3 Å². The van der Waals surface area contributed by atoms with Crippen LogP contribution in [-0.4, -0.2) is 10.9 Å². The highest BCUT2D eigenvalue weighted by molar-refractivity contribution is 5.78. The molecule has 24 heavy (non-hydrogen) atoms. The van der Waals surface area contributed by atoms with Gasteiger partial charge in [-0.2, -0.15) is 0 Å². The molecule has 2 aromatic rings. The molecule has 2 rings (SSSR count). The number of nitrogens with zero attached hydrogens (tertiary/aromatic N) is 1. The van der Waals surface area contributed by atoms with E-state index in [1.807, 2.05) is 13.8 Å². The van der Waals surface area contributed by atoms with E-state index in [0.29, 0.717) is 5.56 Å². The fraction of sp³-hybridized carbons (Fsp3) is 0.333. The molecule has 0 bridgehead atoms. The van der Waals surface area contributed by atoms with Gasteiger partial charge in [-0.15, -0.1) is 0 Å². The predicted molar refractivity (Wildman–Crippen MR) is 86.6 cm³/mol. The number of rotatable bonds is 7. The number of ether oxygens (including phenoxy) is 1. The lowest BCUT2D eigenvalue weighted by molar-refractivity contribution is -0.125. The first-order valence-electron chi connectivity index (χ1n) is 7.89. The minimum absolute atomic E-state index is 0.0253. The maximum atomic E-state index is 13.3. The van der Waals surface area contributed by atoms with Gasteiger partial charge in [0.15, 0.2) is 11.6 Å². The molecular weight excluding hydrogens is 314 g/mol. The standard InChI is InChI=1S/C18H20F2N2O2/c1-3-12(4-2)17(23)22-11-13-6-5-9-21-18(13)24-14-7-8-15(19)16(20)10-14/h5-10,12H,3-4,11H2,1-2H3,(H,22,23). The summed E-state index contributed by atoms with van der Waals surface area (Å²) in [6.07, 6.45) is 3.07. The van der Waals surface area contributed by atoms with Crippen LogP contribution in [0.4, 0.5) is 8.78 Å². The van der Waals surface area contributed by atoms with Crippen LogP contribution in [0.3, 0.4) is 0 Å². The number of halogens is 2. The number of carbonyl (C=O) groups is 1. The van der Waals surface area contributed by atoms with Crippen molar-refractivity contribution in [1.29, 1.82) is 0 Å². The summed E-state index contributed by atoms with van der Waals surface area (Å²) in [5.41, 5.74) is 0.654. The van der Waals surface area contributed by atoms with Crippen LogP contribution < -0.4 is 10.1 Å². The lowest BCUT2D eigenvalue weighted by atomic mass is 10.0. The third kappa shape index (κ3) is 4.50. The third-order valence-electron chi connectivity index (χ3n) is 3.77. The average Bonchev–Trinajstić information content (AvgIpc) is 2.58. The monoisotopic (exact) mass is 334 g/mol. The molecule has 0 aliphatic rings. The van der Waals surface area contributed by atoms with Gasteiger partial charge in [-0.1, -0.05) is 19.9 Å². The number of hydrogen-bond acceptors (Lipinski definition) is 3. The molecule has 128 valence electrons. The normalized spacial score (nSPS) is 10.7. The molecule has 1 N–H and O–H groups in total. The van der Waals surface area contributed by atoms with Crippen LogP contribution in [0.25, 0.3) is 0 Å². The van der Waals surface area contributed by atoms with Gasteiger partial charge in [0, 0.05) is 30.3 Å². The Balaban J connectivity index is 2.09. The predicted octanol–water partition coefficient (Wildman–Crippen LogP) is 4.20. The van der Waals surface area contributed by atoms with Crippen LogP contribution in [-0.2, 0) is 11.3 Å². The van der Waals surface area contributed by atoms with Gasteiger partial charge < -0.3 is 10.1 Å². The van der Waals surface area contributed by atoms with Crippen LogP contribution in [0.2, 0.25) is 0 Å². The summed E-state index contributed by atoms with van der Waals surface area (Å²) in [5, 5.41) is 2.85. The molecule has 0 aliphatic carbocycles. The lowest BCUT2D eigenvalue weighted by Crippen LogP contribution is -2.29. The molecule has 6 heteroatoms. The van der Waals surface area contributed by atoms with Gasteiger partial charge in [-0.05, 0) is 31.0 Å². The van der Waals surface area contributed by atoms with Crippen LogP contribution in [0.15, 0.2) is 36.5 Å². The third-order valence-corrected chi connectivity index (χ3v) is 3.77. The molecule has 1 heterocycles. The SMILES string of the molecule is CCC(CC)C(=O)NCc1cccnc1Oc1ccc(F)c(F)c1.